The van der Waals surface area contributed by atoms with Gasteiger partial charge in [-0.1, -0.05) is 60.4 Å². The second-order valence-electron chi connectivity index (χ2n) is 6.22. The molecule has 6 nitrogen and oxygen atoms in total. The number of amides is 2. The average molecular weight is 391 g/mol. The molecule has 0 unspecified atom stereocenters. The summed E-state index contributed by atoms with van der Waals surface area (Å²) in [6, 6.07) is 10.2. The number of benzene rings is 1. The molecule has 0 aliphatic heterocycles. The number of aromatic nitrogens is 2. The summed E-state index contributed by atoms with van der Waals surface area (Å²) in [5, 5.41) is 8.96. The zero-order chi connectivity index (χ0) is 18.5. The topological polar surface area (TPSA) is 66.4 Å². The van der Waals surface area contributed by atoms with Gasteiger partial charge in [-0.05, 0) is 18.4 Å². The highest BCUT2D eigenvalue weighted by Gasteiger charge is 2.35. The lowest BCUT2D eigenvalue weighted by Crippen LogP contribution is -2.32. The molecule has 3 rings (SSSR count). The predicted octanol–water partition coefficient (Wildman–Crippen LogP) is 3.19. The van der Waals surface area contributed by atoms with Crippen molar-refractivity contribution in [1.29, 1.82) is 0 Å². The SMILES string of the molecule is CCC(=O)N(c1nnc(SCC(=O)N(C)Cc2ccccc2)s1)C1CC1. The maximum absolute atomic E-state index is 12.3. The predicted molar refractivity (Wildman–Crippen MR) is 104 cm³/mol. The van der Waals surface area contributed by atoms with E-state index < -0.39 is 0 Å². The minimum atomic E-state index is 0.0410. The van der Waals surface area contributed by atoms with Gasteiger partial charge in [0.05, 0.1) is 5.75 Å². The fraction of sp³-hybridized carbons (Fsp3) is 0.444. The Morgan fingerprint density at radius 2 is 1.92 bits per heavy atom. The number of carbonyl (C=O) groups is 2. The van der Waals surface area contributed by atoms with Crippen molar-refractivity contribution in [3.05, 3.63) is 35.9 Å². The van der Waals surface area contributed by atoms with E-state index in [2.05, 4.69) is 10.2 Å². The molecule has 1 fully saturated rings. The van der Waals surface area contributed by atoms with Gasteiger partial charge in [-0.3, -0.25) is 14.5 Å². The van der Waals surface area contributed by atoms with Crippen LogP contribution in [0.1, 0.15) is 31.7 Å². The van der Waals surface area contributed by atoms with Crippen molar-refractivity contribution in [1.82, 2.24) is 15.1 Å². The number of carbonyl (C=O) groups excluding carboxylic acids is 2. The molecule has 0 spiro atoms. The molecule has 0 radical (unpaired) electrons. The lowest BCUT2D eigenvalue weighted by Gasteiger charge is -2.17. The van der Waals surface area contributed by atoms with E-state index >= 15 is 0 Å². The van der Waals surface area contributed by atoms with Crippen LogP contribution in [-0.4, -0.2) is 45.8 Å². The molecule has 2 amide bonds. The van der Waals surface area contributed by atoms with E-state index in [0.717, 1.165) is 22.7 Å². The third-order valence-electron chi connectivity index (χ3n) is 4.09. The molecule has 1 aliphatic rings. The lowest BCUT2D eigenvalue weighted by molar-refractivity contribution is -0.127. The molecule has 8 heteroatoms. The quantitative estimate of drug-likeness (QED) is 0.511. The standard InChI is InChI=1S/C18H22N4O2S2/c1-3-15(23)22(14-9-10-14)17-19-20-18(26-17)25-12-16(24)21(2)11-13-7-5-4-6-8-13/h4-8,14H,3,9-12H2,1-2H3. The maximum Gasteiger partial charge on any atom is 0.233 e. The zero-order valence-electron chi connectivity index (χ0n) is 14.9. The number of hydrogen-bond donors (Lipinski definition) is 0. The van der Waals surface area contributed by atoms with Crippen LogP contribution >= 0.6 is 23.1 Å². The van der Waals surface area contributed by atoms with E-state index in [4.69, 9.17) is 0 Å². The molecule has 1 saturated carbocycles. The smallest absolute Gasteiger partial charge is 0.233 e. The van der Waals surface area contributed by atoms with Crippen molar-refractivity contribution in [2.24, 2.45) is 0 Å². The first-order valence-corrected chi connectivity index (χ1v) is 10.4. The minimum absolute atomic E-state index is 0.0410. The first-order chi connectivity index (χ1) is 12.6. The maximum atomic E-state index is 12.3. The fourth-order valence-electron chi connectivity index (χ4n) is 2.51. The summed E-state index contributed by atoms with van der Waals surface area (Å²) in [7, 11) is 1.80. The van der Waals surface area contributed by atoms with Gasteiger partial charge in [0.1, 0.15) is 0 Å². The highest BCUT2D eigenvalue weighted by molar-refractivity contribution is 8.01. The van der Waals surface area contributed by atoms with Crippen LogP contribution in [0.3, 0.4) is 0 Å². The Hall–Kier alpha value is -1.93. The van der Waals surface area contributed by atoms with Crippen molar-refractivity contribution in [3.63, 3.8) is 0 Å². The Morgan fingerprint density at radius 3 is 2.58 bits per heavy atom. The summed E-state index contributed by atoms with van der Waals surface area (Å²) < 4.78 is 0.719. The van der Waals surface area contributed by atoms with E-state index in [1.54, 1.807) is 16.8 Å². The second kappa shape index (κ2) is 8.64. The van der Waals surface area contributed by atoms with E-state index in [1.165, 1.54) is 23.1 Å². The van der Waals surface area contributed by atoms with Gasteiger partial charge in [-0.15, -0.1) is 10.2 Å². The van der Waals surface area contributed by atoms with Gasteiger partial charge in [0.25, 0.3) is 0 Å². The molecule has 1 aliphatic carbocycles. The van der Waals surface area contributed by atoms with Crippen molar-refractivity contribution in [2.75, 3.05) is 17.7 Å². The number of thioether (sulfide) groups is 1. The molecular weight excluding hydrogens is 368 g/mol. The van der Waals surface area contributed by atoms with Crippen molar-refractivity contribution in [2.45, 2.75) is 43.1 Å². The van der Waals surface area contributed by atoms with Gasteiger partial charge < -0.3 is 4.90 Å². The monoisotopic (exact) mass is 390 g/mol. The van der Waals surface area contributed by atoms with Gasteiger partial charge in [-0.25, -0.2) is 0 Å². The summed E-state index contributed by atoms with van der Waals surface area (Å²) in [5.74, 6) is 0.432. The molecule has 0 atom stereocenters. The van der Waals surface area contributed by atoms with Crippen LogP contribution in [0.15, 0.2) is 34.7 Å². The summed E-state index contributed by atoms with van der Waals surface area (Å²) in [4.78, 5) is 27.9. The molecular formula is C18H22N4O2S2. The number of hydrogen-bond acceptors (Lipinski definition) is 6. The Balaban J connectivity index is 1.54. The Bertz CT molecular complexity index is 762. The van der Waals surface area contributed by atoms with Gasteiger partial charge in [0.2, 0.25) is 16.9 Å². The van der Waals surface area contributed by atoms with Crippen LogP contribution in [0.4, 0.5) is 5.13 Å². The van der Waals surface area contributed by atoms with Crippen molar-refractivity contribution >= 4 is 40.0 Å². The number of anilines is 1. The van der Waals surface area contributed by atoms with Crippen LogP contribution < -0.4 is 4.90 Å². The van der Waals surface area contributed by atoms with Crippen LogP contribution in [0.2, 0.25) is 0 Å². The molecule has 0 saturated heterocycles. The molecule has 138 valence electrons. The highest BCUT2D eigenvalue weighted by atomic mass is 32.2. The largest absolute Gasteiger partial charge is 0.341 e. The molecule has 0 N–H and O–H groups in total. The zero-order valence-corrected chi connectivity index (χ0v) is 16.6. The first kappa shape index (κ1) is 18.8. The summed E-state index contributed by atoms with van der Waals surface area (Å²) >= 11 is 2.76. The molecule has 1 heterocycles. The summed E-state index contributed by atoms with van der Waals surface area (Å²) in [5.41, 5.74) is 1.10. The van der Waals surface area contributed by atoms with Crippen molar-refractivity contribution < 1.29 is 9.59 Å². The molecule has 2 aromatic rings. The van der Waals surface area contributed by atoms with E-state index in [9.17, 15) is 9.59 Å². The summed E-state index contributed by atoms with van der Waals surface area (Å²) in [6.07, 6.45) is 2.51. The Labute approximate surface area is 161 Å². The van der Waals surface area contributed by atoms with E-state index in [1.807, 2.05) is 37.3 Å². The third kappa shape index (κ3) is 4.82. The third-order valence-corrected chi connectivity index (χ3v) is 6.13. The number of rotatable bonds is 8. The minimum Gasteiger partial charge on any atom is -0.341 e. The fourth-order valence-corrected chi connectivity index (χ4v) is 4.38. The van der Waals surface area contributed by atoms with Crippen LogP contribution in [0.5, 0.6) is 0 Å². The van der Waals surface area contributed by atoms with E-state index in [-0.39, 0.29) is 17.9 Å². The molecule has 26 heavy (non-hydrogen) atoms. The summed E-state index contributed by atoms with van der Waals surface area (Å²) in [6.45, 7) is 2.44. The van der Waals surface area contributed by atoms with E-state index in [0.29, 0.717) is 23.8 Å². The second-order valence-corrected chi connectivity index (χ2v) is 8.40. The molecule has 1 aromatic carbocycles. The Kier molecular flexibility index (Phi) is 6.26. The average Bonchev–Trinajstić information content (AvgIpc) is 3.38. The van der Waals surface area contributed by atoms with Gasteiger partial charge in [0, 0.05) is 26.1 Å². The van der Waals surface area contributed by atoms with Gasteiger partial charge >= 0.3 is 0 Å². The van der Waals surface area contributed by atoms with Crippen LogP contribution in [0, 0.1) is 0 Å². The molecule has 0 bridgehead atoms. The normalized spacial score (nSPS) is 13.5. The Morgan fingerprint density at radius 1 is 1.19 bits per heavy atom. The lowest BCUT2D eigenvalue weighted by atomic mass is 10.2. The first-order valence-electron chi connectivity index (χ1n) is 8.64. The highest BCUT2D eigenvalue weighted by Crippen LogP contribution is 2.36. The number of nitrogens with zero attached hydrogens (tertiary/aromatic N) is 4. The van der Waals surface area contributed by atoms with Gasteiger partial charge in [0.15, 0.2) is 4.34 Å². The van der Waals surface area contributed by atoms with Crippen LogP contribution in [-0.2, 0) is 16.1 Å². The van der Waals surface area contributed by atoms with Crippen LogP contribution in [0.25, 0.3) is 0 Å². The van der Waals surface area contributed by atoms with Gasteiger partial charge in [-0.2, -0.15) is 0 Å². The van der Waals surface area contributed by atoms with Crippen molar-refractivity contribution in [3.8, 4) is 0 Å². The molecule has 1 aromatic heterocycles.